The second-order valence-electron chi connectivity index (χ2n) is 6.68. The zero-order valence-corrected chi connectivity index (χ0v) is 14.6. The van der Waals surface area contributed by atoms with E-state index in [1.165, 1.54) is 12.8 Å². The van der Waals surface area contributed by atoms with Gasteiger partial charge in [-0.15, -0.1) is 0 Å². The Hall–Kier alpha value is -2.01. The molecule has 3 rings (SSSR count). The van der Waals surface area contributed by atoms with Crippen molar-refractivity contribution in [1.82, 2.24) is 10.2 Å². The second-order valence-corrected chi connectivity index (χ2v) is 6.68. The maximum atomic E-state index is 12.2. The number of nitrogens with one attached hydrogen (secondary N) is 1. The van der Waals surface area contributed by atoms with Crippen molar-refractivity contribution in [2.45, 2.75) is 43.8 Å². The van der Waals surface area contributed by atoms with Crippen molar-refractivity contribution in [3.63, 3.8) is 0 Å². The van der Waals surface area contributed by atoms with E-state index in [2.05, 4.69) is 17.3 Å². The van der Waals surface area contributed by atoms with Gasteiger partial charge in [-0.3, -0.25) is 4.79 Å². The third-order valence-electron chi connectivity index (χ3n) is 5.28. The molecule has 1 N–H and O–H groups in total. The topological polar surface area (TPSA) is 50.8 Å². The molecule has 2 bridgehead atoms. The summed E-state index contributed by atoms with van der Waals surface area (Å²) in [6, 6.07) is 7.15. The van der Waals surface area contributed by atoms with E-state index in [1.807, 2.05) is 18.2 Å². The van der Waals surface area contributed by atoms with Gasteiger partial charge in [-0.05, 0) is 56.5 Å². The van der Waals surface area contributed by atoms with Crippen LogP contribution in [0, 0.1) is 0 Å². The van der Waals surface area contributed by atoms with E-state index in [0.29, 0.717) is 29.6 Å². The van der Waals surface area contributed by atoms with Crippen molar-refractivity contribution >= 4 is 12.0 Å². The first-order chi connectivity index (χ1) is 11.6. The lowest BCUT2D eigenvalue weighted by atomic mass is 9.98. The quantitative estimate of drug-likeness (QED) is 0.843. The Morgan fingerprint density at radius 3 is 2.46 bits per heavy atom. The number of methoxy groups -OCH3 is 2. The lowest BCUT2D eigenvalue weighted by Gasteiger charge is -2.36. The molecular formula is C19H26N2O3. The van der Waals surface area contributed by atoms with E-state index in [4.69, 9.17) is 9.47 Å². The summed E-state index contributed by atoms with van der Waals surface area (Å²) < 4.78 is 10.5. The number of carbonyl (C=O) groups excluding carboxylic acids is 1. The minimum absolute atomic E-state index is 0.0289. The average molecular weight is 330 g/mol. The summed E-state index contributed by atoms with van der Waals surface area (Å²) in [5.74, 6) is 1.31. The van der Waals surface area contributed by atoms with Crippen LogP contribution < -0.4 is 14.8 Å². The highest BCUT2D eigenvalue weighted by Gasteiger charge is 2.38. The Kier molecular flexibility index (Phi) is 5.09. The lowest BCUT2D eigenvalue weighted by Crippen LogP contribution is -2.48. The van der Waals surface area contributed by atoms with Crippen molar-refractivity contribution < 1.29 is 14.3 Å². The number of benzene rings is 1. The first-order valence-corrected chi connectivity index (χ1v) is 8.53. The van der Waals surface area contributed by atoms with E-state index in [0.717, 1.165) is 18.4 Å². The summed E-state index contributed by atoms with van der Waals surface area (Å²) in [6.45, 7) is 0. The third kappa shape index (κ3) is 3.56. The highest BCUT2D eigenvalue weighted by Crippen LogP contribution is 2.34. The Morgan fingerprint density at radius 1 is 1.17 bits per heavy atom. The van der Waals surface area contributed by atoms with Crippen molar-refractivity contribution in [3.8, 4) is 11.5 Å². The van der Waals surface area contributed by atoms with E-state index < -0.39 is 0 Å². The van der Waals surface area contributed by atoms with E-state index in [-0.39, 0.29) is 5.91 Å². The Morgan fingerprint density at radius 2 is 1.83 bits per heavy atom. The molecule has 1 aromatic rings. The molecule has 2 aliphatic rings. The van der Waals surface area contributed by atoms with Gasteiger partial charge < -0.3 is 19.7 Å². The molecule has 0 saturated carbocycles. The number of hydrogen-bond donors (Lipinski definition) is 1. The molecule has 2 atom stereocenters. The molecule has 2 unspecified atom stereocenters. The molecule has 130 valence electrons. The zero-order chi connectivity index (χ0) is 17.1. The minimum atomic E-state index is -0.0289. The molecule has 5 heteroatoms. The predicted molar refractivity (Wildman–Crippen MR) is 94.3 cm³/mol. The summed E-state index contributed by atoms with van der Waals surface area (Å²) in [7, 11) is 5.42. The summed E-state index contributed by atoms with van der Waals surface area (Å²) in [4.78, 5) is 14.7. The summed E-state index contributed by atoms with van der Waals surface area (Å²) in [5, 5.41) is 3.15. The highest BCUT2D eigenvalue weighted by atomic mass is 16.5. The van der Waals surface area contributed by atoms with Gasteiger partial charge in [0.05, 0.1) is 14.2 Å². The number of fused-ring (bicyclic) bond motifs is 2. The summed E-state index contributed by atoms with van der Waals surface area (Å²) >= 11 is 0. The van der Waals surface area contributed by atoms with Gasteiger partial charge in [-0.1, -0.05) is 6.07 Å². The van der Waals surface area contributed by atoms with Crippen LogP contribution in [0.15, 0.2) is 24.3 Å². The number of ether oxygens (including phenoxy) is 2. The molecule has 2 aliphatic heterocycles. The van der Waals surface area contributed by atoms with Crippen LogP contribution in [-0.4, -0.2) is 50.2 Å². The lowest BCUT2D eigenvalue weighted by molar-refractivity contribution is -0.117. The maximum Gasteiger partial charge on any atom is 0.244 e. The molecule has 5 nitrogen and oxygen atoms in total. The van der Waals surface area contributed by atoms with E-state index >= 15 is 0 Å². The van der Waals surface area contributed by atoms with Crippen LogP contribution in [0.3, 0.4) is 0 Å². The Balaban J connectivity index is 1.58. The SMILES string of the molecule is COc1ccc(/C=C/C(=O)NC2CC3CCC(C2)N3C)cc1OC. The van der Waals surface area contributed by atoms with Gasteiger partial charge in [-0.2, -0.15) is 0 Å². The standard InChI is InChI=1S/C19H26N2O3/c1-21-15-6-7-16(21)12-14(11-15)20-19(22)9-5-13-4-8-17(23-2)18(10-13)24-3/h4-5,8-10,14-16H,6-7,11-12H2,1-3H3,(H,20,22)/b9-5+. The number of carbonyl (C=O) groups is 1. The van der Waals surface area contributed by atoms with Gasteiger partial charge in [0.1, 0.15) is 0 Å². The molecule has 0 aliphatic carbocycles. The van der Waals surface area contributed by atoms with E-state index in [9.17, 15) is 4.79 Å². The van der Waals surface area contributed by atoms with Crippen LogP contribution >= 0.6 is 0 Å². The number of rotatable bonds is 5. The van der Waals surface area contributed by atoms with Crippen molar-refractivity contribution in [2.24, 2.45) is 0 Å². The fourth-order valence-corrected chi connectivity index (χ4v) is 3.91. The number of nitrogens with zero attached hydrogens (tertiary/aromatic N) is 1. The Bertz CT molecular complexity index is 615. The molecule has 24 heavy (non-hydrogen) atoms. The third-order valence-corrected chi connectivity index (χ3v) is 5.28. The van der Waals surface area contributed by atoms with Crippen molar-refractivity contribution in [1.29, 1.82) is 0 Å². The predicted octanol–water partition coefficient (Wildman–Crippen LogP) is 2.46. The maximum absolute atomic E-state index is 12.2. The normalized spacial score (nSPS) is 26.5. The smallest absolute Gasteiger partial charge is 0.244 e. The highest BCUT2D eigenvalue weighted by molar-refractivity contribution is 5.92. The van der Waals surface area contributed by atoms with Crippen LogP contribution in [0.4, 0.5) is 0 Å². The molecule has 2 fully saturated rings. The number of amides is 1. The molecule has 0 aromatic heterocycles. The van der Waals surface area contributed by atoms with Crippen molar-refractivity contribution in [2.75, 3.05) is 21.3 Å². The van der Waals surface area contributed by atoms with Crippen LogP contribution in [0.5, 0.6) is 11.5 Å². The van der Waals surface area contributed by atoms with E-state index in [1.54, 1.807) is 26.4 Å². The summed E-state index contributed by atoms with van der Waals surface area (Å²) in [5.41, 5.74) is 0.909. The number of hydrogen-bond acceptors (Lipinski definition) is 4. The monoisotopic (exact) mass is 330 g/mol. The molecule has 2 saturated heterocycles. The zero-order valence-electron chi connectivity index (χ0n) is 14.6. The minimum Gasteiger partial charge on any atom is -0.493 e. The largest absolute Gasteiger partial charge is 0.493 e. The molecule has 2 heterocycles. The van der Waals surface area contributed by atoms with Gasteiger partial charge in [0.25, 0.3) is 0 Å². The van der Waals surface area contributed by atoms with Gasteiger partial charge in [0, 0.05) is 24.2 Å². The molecule has 1 aromatic carbocycles. The first-order valence-electron chi connectivity index (χ1n) is 8.53. The fraction of sp³-hybridized carbons (Fsp3) is 0.526. The second kappa shape index (κ2) is 7.26. The van der Waals surface area contributed by atoms with Crippen LogP contribution in [-0.2, 0) is 4.79 Å². The van der Waals surface area contributed by atoms with Crippen molar-refractivity contribution in [3.05, 3.63) is 29.8 Å². The molecule has 1 amide bonds. The molecule has 0 spiro atoms. The van der Waals surface area contributed by atoms with Gasteiger partial charge >= 0.3 is 0 Å². The van der Waals surface area contributed by atoms with Crippen LogP contribution in [0.1, 0.15) is 31.2 Å². The van der Waals surface area contributed by atoms with Gasteiger partial charge in [-0.25, -0.2) is 0 Å². The van der Waals surface area contributed by atoms with Gasteiger partial charge in [0.2, 0.25) is 5.91 Å². The van der Waals surface area contributed by atoms with Crippen LogP contribution in [0.25, 0.3) is 6.08 Å². The fourth-order valence-electron chi connectivity index (χ4n) is 3.91. The number of piperidine rings is 1. The first kappa shape index (κ1) is 16.8. The van der Waals surface area contributed by atoms with Gasteiger partial charge in [0.15, 0.2) is 11.5 Å². The van der Waals surface area contributed by atoms with Crippen LogP contribution in [0.2, 0.25) is 0 Å². The molecule has 0 radical (unpaired) electrons. The Labute approximate surface area is 143 Å². The molecular weight excluding hydrogens is 304 g/mol. The average Bonchev–Trinajstić information content (AvgIpc) is 2.81. The summed E-state index contributed by atoms with van der Waals surface area (Å²) in [6.07, 6.45) is 8.04.